The summed E-state index contributed by atoms with van der Waals surface area (Å²) in [6.45, 7) is 1.75. The van der Waals surface area contributed by atoms with E-state index >= 15 is 0 Å². The fourth-order valence-electron chi connectivity index (χ4n) is 2.48. The van der Waals surface area contributed by atoms with Gasteiger partial charge in [0.25, 0.3) is 0 Å². The molecule has 0 fully saturated rings. The molecule has 0 amide bonds. The second-order valence-corrected chi connectivity index (χ2v) is 4.70. The minimum absolute atomic E-state index is 0.587. The van der Waals surface area contributed by atoms with Gasteiger partial charge < -0.3 is 0 Å². The normalized spacial score (nSPS) is 23.1. The first-order valence-corrected chi connectivity index (χ1v) is 5.66. The predicted octanol–water partition coefficient (Wildman–Crippen LogP) is 3.59. The predicted molar refractivity (Wildman–Crippen MR) is 59.9 cm³/mol. The van der Waals surface area contributed by atoms with Crippen LogP contribution in [0.1, 0.15) is 36.5 Å². The molecular formula is C13H12F3NO. The van der Waals surface area contributed by atoms with Crippen molar-refractivity contribution in [3.05, 3.63) is 34.9 Å². The van der Waals surface area contributed by atoms with E-state index in [1.807, 2.05) is 0 Å². The number of nitrogens with zero attached hydrogens (tertiary/aromatic N) is 1. The molecule has 1 aliphatic rings. The van der Waals surface area contributed by atoms with Crippen LogP contribution in [-0.2, 0) is 22.9 Å². The zero-order chi connectivity index (χ0) is 13.4. The summed E-state index contributed by atoms with van der Waals surface area (Å²) in [6, 6.07) is 3.63. The van der Waals surface area contributed by atoms with Crippen LogP contribution in [0.2, 0.25) is 0 Å². The Labute approximate surface area is 103 Å². The van der Waals surface area contributed by atoms with Crippen molar-refractivity contribution in [1.82, 2.24) is 0 Å². The van der Waals surface area contributed by atoms with Crippen molar-refractivity contribution in [3.8, 4) is 0 Å². The van der Waals surface area contributed by atoms with Gasteiger partial charge in [-0.15, -0.1) is 0 Å². The van der Waals surface area contributed by atoms with Gasteiger partial charge in [0.05, 0.1) is 11.1 Å². The zero-order valence-electron chi connectivity index (χ0n) is 9.84. The molecule has 0 saturated heterocycles. The Balaban J connectivity index is 2.52. The van der Waals surface area contributed by atoms with Gasteiger partial charge in [0, 0.05) is 0 Å². The van der Waals surface area contributed by atoms with Gasteiger partial charge in [-0.25, -0.2) is 4.79 Å². The van der Waals surface area contributed by atoms with Gasteiger partial charge in [0.15, 0.2) is 0 Å². The summed E-state index contributed by atoms with van der Waals surface area (Å²) in [4.78, 5) is 14.2. The van der Waals surface area contributed by atoms with Crippen molar-refractivity contribution in [2.24, 2.45) is 4.99 Å². The quantitative estimate of drug-likeness (QED) is 0.557. The molecule has 0 aliphatic heterocycles. The minimum Gasteiger partial charge on any atom is -0.211 e. The highest BCUT2D eigenvalue weighted by molar-refractivity contribution is 5.43. The van der Waals surface area contributed by atoms with E-state index in [1.165, 1.54) is 12.1 Å². The SMILES string of the molecule is CC1(N=C=O)CCCc2cc(C(F)(F)F)ccc21. The molecule has 0 aromatic heterocycles. The van der Waals surface area contributed by atoms with Gasteiger partial charge in [-0.2, -0.15) is 18.2 Å². The number of aryl methyl sites for hydroxylation is 1. The van der Waals surface area contributed by atoms with Gasteiger partial charge in [-0.05, 0) is 49.4 Å². The molecule has 0 spiro atoms. The van der Waals surface area contributed by atoms with E-state index in [1.54, 1.807) is 6.92 Å². The molecule has 5 heteroatoms. The maximum atomic E-state index is 12.6. The molecule has 0 saturated carbocycles. The first kappa shape index (κ1) is 12.8. The Kier molecular flexibility index (Phi) is 3.03. The van der Waals surface area contributed by atoms with Gasteiger partial charge >= 0.3 is 6.18 Å². The van der Waals surface area contributed by atoms with E-state index in [-0.39, 0.29) is 0 Å². The van der Waals surface area contributed by atoms with Crippen LogP contribution in [0.15, 0.2) is 23.2 Å². The van der Waals surface area contributed by atoms with E-state index in [2.05, 4.69) is 4.99 Å². The summed E-state index contributed by atoms with van der Waals surface area (Å²) < 4.78 is 37.8. The highest BCUT2D eigenvalue weighted by Crippen LogP contribution is 2.40. The molecule has 2 nitrogen and oxygen atoms in total. The summed E-state index contributed by atoms with van der Waals surface area (Å²) >= 11 is 0. The number of benzene rings is 1. The Hall–Kier alpha value is -1.61. The Bertz CT molecular complexity index is 517. The van der Waals surface area contributed by atoms with Crippen molar-refractivity contribution < 1.29 is 18.0 Å². The first-order valence-electron chi connectivity index (χ1n) is 5.66. The fraction of sp³-hybridized carbons (Fsp3) is 0.462. The lowest BCUT2D eigenvalue weighted by Crippen LogP contribution is -2.25. The lowest BCUT2D eigenvalue weighted by Gasteiger charge is -2.31. The number of halogens is 3. The van der Waals surface area contributed by atoms with Crippen LogP contribution in [0.3, 0.4) is 0 Å². The molecule has 1 aromatic rings. The molecular weight excluding hydrogens is 243 g/mol. The van der Waals surface area contributed by atoms with E-state index in [0.717, 1.165) is 18.6 Å². The van der Waals surface area contributed by atoms with Crippen LogP contribution >= 0.6 is 0 Å². The summed E-state index contributed by atoms with van der Waals surface area (Å²) in [5.74, 6) is 0. The summed E-state index contributed by atoms with van der Waals surface area (Å²) in [7, 11) is 0. The van der Waals surface area contributed by atoms with E-state index < -0.39 is 17.3 Å². The number of hydrogen-bond acceptors (Lipinski definition) is 2. The second kappa shape index (κ2) is 4.25. The number of fused-ring (bicyclic) bond motifs is 1. The Morgan fingerprint density at radius 3 is 2.72 bits per heavy atom. The monoisotopic (exact) mass is 255 g/mol. The molecule has 96 valence electrons. The number of rotatable bonds is 1. The number of carbonyl (C=O) groups excluding carboxylic acids is 1. The Morgan fingerprint density at radius 1 is 1.39 bits per heavy atom. The average molecular weight is 255 g/mol. The van der Waals surface area contributed by atoms with Gasteiger partial charge in [0.1, 0.15) is 0 Å². The first-order chi connectivity index (χ1) is 8.37. The lowest BCUT2D eigenvalue weighted by atomic mass is 9.77. The lowest BCUT2D eigenvalue weighted by molar-refractivity contribution is -0.137. The third-order valence-electron chi connectivity index (χ3n) is 3.41. The standard InChI is InChI=1S/C13H12F3NO/c1-12(17-8-18)6-2-3-9-7-10(13(14,15)16)4-5-11(9)12/h4-5,7H,2-3,6H2,1H3. The highest BCUT2D eigenvalue weighted by atomic mass is 19.4. The number of aliphatic imine (C=N–C) groups is 1. The Morgan fingerprint density at radius 2 is 2.11 bits per heavy atom. The molecule has 0 bridgehead atoms. The van der Waals surface area contributed by atoms with E-state index in [4.69, 9.17) is 0 Å². The maximum Gasteiger partial charge on any atom is 0.416 e. The maximum absolute atomic E-state index is 12.6. The van der Waals surface area contributed by atoms with Crippen LogP contribution in [0, 0.1) is 0 Å². The van der Waals surface area contributed by atoms with Crippen LogP contribution < -0.4 is 0 Å². The molecule has 1 unspecified atom stereocenters. The second-order valence-electron chi connectivity index (χ2n) is 4.70. The molecule has 0 heterocycles. The third-order valence-corrected chi connectivity index (χ3v) is 3.41. The van der Waals surface area contributed by atoms with Crippen LogP contribution in [-0.4, -0.2) is 6.08 Å². The third kappa shape index (κ3) is 2.18. The zero-order valence-corrected chi connectivity index (χ0v) is 9.84. The van der Waals surface area contributed by atoms with Crippen molar-refractivity contribution in [3.63, 3.8) is 0 Å². The van der Waals surface area contributed by atoms with Gasteiger partial charge in [-0.3, -0.25) is 0 Å². The molecule has 0 radical (unpaired) electrons. The van der Waals surface area contributed by atoms with Crippen molar-refractivity contribution in [2.75, 3.05) is 0 Å². The van der Waals surface area contributed by atoms with E-state index in [9.17, 15) is 18.0 Å². The average Bonchev–Trinajstić information content (AvgIpc) is 2.28. The summed E-state index contributed by atoms with van der Waals surface area (Å²) in [5, 5.41) is 0. The smallest absolute Gasteiger partial charge is 0.211 e. The van der Waals surface area contributed by atoms with Crippen LogP contribution in [0.4, 0.5) is 13.2 Å². The molecule has 1 atom stereocenters. The molecule has 1 aromatic carbocycles. The number of alkyl halides is 3. The van der Waals surface area contributed by atoms with Gasteiger partial charge in [-0.1, -0.05) is 6.07 Å². The summed E-state index contributed by atoms with van der Waals surface area (Å²) in [6.07, 6.45) is -0.862. The van der Waals surface area contributed by atoms with Crippen molar-refractivity contribution >= 4 is 6.08 Å². The van der Waals surface area contributed by atoms with Crippen LogP contribution in [0.5, 0.6) is 0 Å². The largest absolute Gasteiger partial charge is 0.416 e. The highest BCUT2D eigenvalue weighted by Gasteiger charge is 2.35. The molecule has 2 rings (SSSR count). The topological polar surface area (TPSA) is 29.4 Å². The van der Waals surface area contributed by atoms with Crippen molar-refractivity contribution in [1.29, 1.82) is 0 Å². The molecule has 0 N–H and O–H groups in total. The summed E-state index contributed by atoms with van der Waals surface area (Å²) in [5.41, 5.74) is -0.0670. The van der Waals surface area contributed by atoms with Gasteiger partial charge in [0.2, 0.25) is 6.08 Å². The van der Waals surface area contributed by atoms with Crippen LogP contribution in [0.25, 0.3) is 0 Å². The molecule has 1 aliphatic carbocycles. The molecule has 18 heavy (non-hydrogen) atoms. The fourth-order valence-corrected chi connectivity index (χ4v) is 2.48. The van der Waals surface area contributed by atoms with E-state index in [0.29, 0.717) is 24.0 Å². The van der Waals surface area contributed by atoms with Crippen molar-refractivity contribution in [2.45, 2.75) is 37.9 Å². The number of hydrogen-bond donors (Lipinski definition) is 0. The minimum atomic E-state index is -4.34. The number of isocyanates is 1.